The maximum Gasteiger partial charge on any atom is 0.277 e. The van der Waals surface area contributed by atoms with E-state index >= 15 is 0 Å². The van der Waals surface area contributed by atoms with Crippen LogP contribution in [0.4, 0.5) is 0 Å². The van der Waals surface area contributed by atoms with Crippen LogP contribution in [-0.4, -0.2) is 45.9 Å². The third-order valence-corrected chi connectivity index (χ3v) is 5.97. The lowest BCUT2D eigenvalue weighted by Crippen LogP contribution is -2.26. The summed E-state index contributed by atoms with van der Waals surface area (Å²) in [6, 6.07) is 9.31. The van der Waals surface area contributed by atoms with Crippen LogP contribution in [0.2, 0.25) is 0 Å². The van der Waals surface area contributed by atoms with Gasteiger partial charge in [0.15, 0.2) is 5.78 Å². The number of ketones is 1. The lowest BCUT2D eigenvalue weighted by Gasteiger charge is -2.27. The van der Waals surface area contributed by atoms with Crippen molar-refractivity contribution in [3.8, 4) is 0 Å². The summed E-state index contributed by atoms with van der Waals surface area (Å²) in [5.41, 5.74) is 2.96. The van der Waals surface area contributed by atoms with Crippen molar-refractivity contribution in [1.82, 2.24) is 20.0 Å². The summed E-state index contributed by atoms with van der Waals surface area (Å²) in [5, 5.41) is 2.06. The molecule has 0 saturated heterocycles. The zero-order valence-electron chi connectivity index (χ0n) is 18.6. The highest BCUT2D eigenvalue weighted by atomic mass is 16.7. The van der Waals surface area contributed by atoms with Gasteiger partial charge in [0.1, 0.15) is 17.7 Å². The smallest absolute Gasteiger partial charge is 0.277 e. The van der Waals surface area contributed by atoms with Crippen molar-refractivity contribution in [2.45, 2.75) is 39.5 Å². The first-order valence-corrected chi connectivity index (χ1v) is 10.6. The fraction of sp³-hybridized carbons (Fsp3) is 0.417. The molecule has 1 saturated carbocycles. The largest absolute Gasteiger partial charge is 0.346 e. The number of aromatic amines is 1. The number of hydroxylamine groups is 2. The normalized spacial score (nSPS) is 18.2. The van der Waals surface area contributed by atoms with Crippen LogP contribution in [0.25, 0.3) is 11.0 Å². The summed E-state index contributed by atoms with van der Waals surface area (Å²) in [4.78, 5) is 40.4. The molecule has 1 aliphatic carbocycles. The minimum absolute atomic E-state index is 0.124. The molecule has 31 heavy (non-hydrogen) atoms. The molecule has 0 radical (unpaired) electrons. The number of nitrogens with one attached hydrogen (secondary N) is 1. The molecular formula is C24H30N4O3. The van der Waals surface area contributed by atoms with Gasteiger partial charge in [-0.3, -0.25) is 14.4 Å². The highest BCUT2D eigenvalue weighted by molar-refractivity contribution is 6.06. The Morgan fingerprint density at radius 1 is 1.13 bits per heavy atom. The fourth-order valence-corrected chi connectivity index (χ4v) is 4.02. The summed E-state index contributed by atoms with van der Waals surface area (Å²) >= 11 is 0. The van der Waals surface area contributed by atoms with E-state index in [4.69, 9.17) is 4.84 Å². The zero-order chi connectivity index (χ0) is 22.4. The fourth-order valence-electron chi connectivity index (χ4n) is 4.02. The first-order chi connectivity index (χ1) is 14.9. The Morgan fingerprint density at radius 2 is 1.87 bits per heavy atom. The van der Waals surface area contributed by atoms with Crippen LogP contribution < -0.4 is 0 Å². The van der Waals surface area contributed by atoms with Crippen molar-refractivity contribution in [2.75, 3.05) is 14.2 Å². The monoisotopic (exact) mass is 422 g/mol. The van der Waals surface area contributed by atoms with E-state index in [9.17, 15) is 9.59 Å². The molecule has 3 aromatic rings. The molecule has 4 rings (SSSR count). The van der Waals surface area contributed by atoms with E-state index in [-0.39, 0.29) is 17.6 Å². The van der Waals surface area contributed by atoms with Gasteiger partial charge in [0.05, 0.1) is 7.11 Å². The third kappa shape index (κ3) is 5.17. The van der Waals surface area contributed by atoms with E-state index in [0.717, 1.165) is 35.9 Å². The van der Waals surface area contributed by atoms with E-state index in [0.29, 0.717) is 17.2 Å². The second-order valence-corrected chi connectivity index (χ2v) is 7.99. The van der Waals surface area contributed by atoms with Gasteiger partial charge in [0, 0.05) is 30.1 Å². The van der Waals surface area contributed by atoms with Crippen molar-refractivity contribution in [2.24, 2.45) is 11.8 Å². The van der Waals surface area contributed by atoms with Crippen LogP contribution in [0.1, 0.15) is 59.0 Å². The molecule has 7 heteroatoms. The van der Waals surface area contributed by atoms with E-state index < -0.39 is 0 Å². The number of rotatable bonds is 4. The number of Topliss-reactive ketones (excluding diaryl/α,β-unsaturated/α-hetero) is 1. The van der Waals surface area contributed by atoms with Crippen LogP contribution >= 0.6 is 0 Å². The summed E-state index contributed by atoms with van der Waals surface area (Å²) < 4.78 is 0. The van der Waals surface area contributed by atoms with Gasteiger partial charge < -0.3 is 4.98 Å². The van der Waals surface area contributed by atoms with Crippen LogP contribution in [0, 0.1) is 18.8 Å². The first kappa shape index (κ1) is 22.6. The average Bonchev–Trinajstić information content (AvgIpc) is 3.28. The molecule has 0 spiro atoms. The second kappa shape index (κ2) is 10.3. The minimum atomic E-state index is -0.124. The molecule has 1 aliphatic rings. The highest BCUT2D eigenvalue weighted by Crippen LogP contribution is 2.32. The molecule has 1 fully saturated rings. The lowest BCUT2D eigenvalue weighted by atomic mass is 9.77. The highest BCUT2D eigenvalue weighted by Gasteiger charge is 2.30. The Labute approximate surface area is 182 Å². The Hall–Kier alpha value is -3.06. The van der Waals surface area contributed by atoms with Gasteiger partial charge in [-0.25, -0.2) is 15.0 Å². The summed E-state index contributed by atoms with van der Waals surface area (Å²) in [6.45, 7) is 4.08. The van der Waals surface area contributed by atoms with Crippen LogP contribution in [-0.2, 0) is 4.84 Å². The predicted octanol–water partition coefficient (Wildman–Crippen LogP) is 4.60. The van der Waals surface area contributed by atoms with Gasteiger partial charge in [0.2, 0.25) is 0 Å². The number of hydrogen-bond donors (Lipinski definition) is 1. The van der Waals surface area contributed by atoms with Gasteiger partial charge in [-0.1, -0.05) is 44.4 Å². The molecule has 1 aromatic carbocycles. The summed E-state index contributed by atoms with van der Waals surface area (Å²) in [7, 11) is 3.06. The Kier molecular flexibility index (Phi) is 7.52. The predicted molar refractivity (Wildman–Crippen MR) is 120 cm³/mol. The molecular weight excluding hydrogens is 392 g/mol. The average molecular weight is 423 g/mol. The van der Waals surface area contributed by atoms with E-state index in [1.54, 1.807) is 19.3 Å². The van der Waals surface area contributed by atoms with Gasteiger partial charge >= 0.3 is 0 Å². The lowest BCUT2D eigenvalue weighted by molar-refractivity contribution is -0.0757. The maximum absolute atomic E-state index is 12.6. The number of aromatic nitrogens is 3. The van der Waals surface area contributed by atoms with E-state index in [2.05, 4.69) is 21.9 Å². The standard InChI is InChI=1S/C14H17N3O.C10H13NO2/c1-9-4-2-3-5-10(9)13(18)12-11-6-7-15-14(11)17-8-16-12;1-8-6-4-5-7-9(8)10(12)11(2)13-3/h6-10H,2-5H2,1H3,(H,15,16,17);4-7H,1-3H3. The number of H-pyrrole nitrogens is 1. The first-order valence-electron chi connectivity index (χ1n) is 10.6. The Morgan fingerprint density at radius 3 is 2.58 bits per heavy atom. The van der Waals surface area contributed by atoms with Crippen LogP contribution in [0.15, 0.2) is 42.9 Å². The van der Waals surface area contributed by atoms with Gasteiger partial charge in [0.25, 0.3) is 5.91 Å². The number of carbonyl (C=O) groups is 2. The number of benzene rings is 1. The zero-order valence-corrected chi connectivity index (χ0v) is 18.6. The third-order valence-electron chi connectivity index (χ3n) is 5.97. The van der Waals surface area contributed by atoms with Crippen molar-refractivity contribution in [3.63, 3.8) is 0 Å². The van der Waals surface area contributed by atoms with Crippen molar-refractivity contribution >= 4 is 22.7 Å². The van der Waals surface area contributed by atoms with Crippen LogP contribution in [0.5, 0.6) is 0 Å². The number of fused-ring (bicyclic) bond motifs is 1. The molecule has 0 aliphatic heterocycles. The van der Waals surface area contributed by atoms with Gasteiger partial charge in [-0.05, 0) is 37.0 Å². The number of aryl methyl sites for hydroxylation is 1. The number of hydrogen-bond acceptors (Lipinski definition) is 5. The molecule has 1 N–H and O–H groups in total. The van der Waals surface area contributed by atoms with E-state index in [1.807, 2.05) is 31.2 Å². The molecule has 1 amide bonds. The second-order valence-electron chi connectivity index (χ2n) is 7.99. The molecule has 7 nitrogen and oxygen atoms in total. The van der Waals surface area contributed by atoms with Crippen molar-refractivity contribution < 1.29 is 14.4 Å². The number of carbonyl (C=O) groups excluding carboxylic acids is 2. The number of nitrogens with zero attached hydrogens (tertiary/aromatic N) is 3. The molecule has 2 unspecified atom stereocenters. The topological polar surface area (TPSA) is 88.2 Å². The molecule has 2 aromatic heterocycles. The SMILES string of the molecule is CC1CCCCC1C(=O)c1ncnc2[nH]ccc12.CON(C)C(=O)c1ccccc1C. The quantitative estimate of drug-likeness (QED) is 0.490. The molecule has 0 bridgehead atoms. The summed E-state index contributed by atoms with van der Waals surface area (Å²) in [5.74, 6) is 0.664. The van der Waals surface area contributed by atoms with Gasteiger partial charge in [-0.2, -0.15) is 0 Å². The minimum Gasteiger partial charge on any atom is -0.346 e. The van der Waals surface area contributed by atoms with Crippen molar-refractivity contribution in [3.05, 3.63) is 59.7 Å². The molecule has 164 valence electrons. The summed E-state index contributed by atoms with van der Waals surface area (Å²) in [6.07, 6.45) is 7.82. The van der Waals surface area contributed by atoms with Gasteiger partial charge in [-0.15, -0.1) is 0 Å². The van der Waals surface area contributed by atoms with Crippen LogP contribution in [0.3, 0.4) is 0 Å². The number of amides is 1. The molecule has 2 atom stereocenters. The Bertz CT molecular complexity index is 1050. The maximum atomic E-state index is 12.6. The van der Waals surface area contributed by atoms with E-state index in [1.165, 1.54) is 24.9 Å². The Balaban J connectivity index is 0.000000187. The van der Waals surface area contributed by atoms with Crippen molar-refractivity contribution in [1.29, 1.82) is 0 Å². The molecule has 2 heterocycles.